The van der Waals surface area contributed by atoms with E-state index in [4.69, 9.17) is 29.4 Å². The van der Waals surface area contributed by atoms with E-state index in [-0.39, 0.29) is 5.75 Å². The standard InChI is InChI=1S/C20H25NO11/c1-10(22)28-9-16(26)17(29-11(2)23)18(30-12(3)24)19(31-13(4)25)20(27)32-15-7-5-14(21)6-8-15/h5-8,16-19,26H,9,21H2,1-4H3/t16-,17-,18+,19-/m1/s1. The number of hydrogen-bond donors (Lipinski definition) is 2. The smallest absolute Gasteiger partial charge is 0.356 e. The molecule has 0 aliphatic heterocycles. The van der Waals surface area contributed by atoms with Gasteiger partial charge >= 0.3 is 29.8 Å². The average Bonchev–Trinajstić information content (AvgIpc) is 2.68. The number of aliphatic hydroxyl groups is 1. The second-order valence-electron chi connectivity index (χ2n) is 6.54. The van der Waals surface area contributed by atoms with Gasteiger partial charge in [-0.25, -0.2) is 4.79 Å². The summed E-state index contributed by atoms with van der Waals surface area (Å²) in [6.07, 6.45) is -7.31. The van der Waals surface area contributed by atoms with Gasteiger partial charge in [-0.3, -0.25) is 19.2 Å². The number of aliphatic hydroxyl groups excluding tert-OH is 1. The Bertz CT molecular complexity index is 836. The molecule has 0 aromatic heterocycles. The van der Waals surface area contributed by atoms with Crippen molar-refractivity contribution in [2.75, 3.05) is 12.3 Å². The predicted octanol–water partition coefficient (Wildman–Crippen LogP) is -0.107. The van der Waals surface area contributed by atoms with E-state index >= 15 is 0 Å². The van der Waals surface area contributed by atoms with Crippen molar-refractivity contribution in [2.24, 2.45) is 0 Å². The highest BCUT2D eigenvalue weighted by atomic mass is 16.6. The van der Waals surface area contributed by atoms with Crippen molar-refractivity contribution in [3.05, 3.63) is 24.3 Å². The topological polar surface area (TPSA) is 178 Å². The summed E-state index contributed by atoms with van der Waals surface area (Å²) in [5, 5.41) is 10.4. The molecule has 0 fully saturated rings. The summed E-state index contributed by atoms with van der Waals surface area (Å²) in [4.78, 5) is 58.8. The third-order valence-electron chi connectivity index (χ3n) is 3.69. The zero-order valence-electron chi connectivity index (χ0n) is 17.9. The van der Waals surface area contributed by atoms with Crippen molar-refractivity contribution in [1.82, 2.24) is 0 Å². The predicted molar refractivity (Wildman–Crippen MR) is 106 cm³/mol. The van der Waals surface area contributed by atoms with E-state index in [1.54, 1.807) is 0 Å². The molecule has 1 aromatic rings. The lowest BCUT2D eigenvalue weighted by Crippen LogP contribution is -2.55. The highest BCUT2D eigenvalue weighted by Crippen LogP contribution is 2.21. The van der Waals surface area contributed by atoms with Gasteiger partial charge in [-0.05, 0) is 24.3 Å². The minimum Gasteiger partial charge on any atom is -0.463 e. The lowest BCUT2D eigenvalue weighted by atomic mass is 10.0. The van der Waals surface area contributed by atoms with E-state index in [1.165, 1.54) is 24.3 Å². The summed E-state index contributed by atoms with van der Waals surface area (Å²) >= 11 is 0. The summed E-state index contributed by atoms with van der Waals surface area (Å²) < 4.78 is 24.9. The Balaban J connectivity index is 3.33. The van der Waals surface area contributed by atoms with Gasteiger partial charge in [0, 0.05) is 33.4 Å². The molecule has 4 atom stereocenters. The molecule has 0 saturated heterocycles. The summed E-state index contributed by atoms with van der Waals surface area (Å²) in [6.45, 7) is 3.34. The van der Waals surface area contributed by atoms with E-state index < -0.39 is 60.9 Å². The van der Waals surface area contributed by atoms with Crippen LogP contribution in [-0.4, -0.2) is 66.0 Å². The molecule has 0 bridgehead atoms. The number of rotatable bonds is 10. The van der Waals surface area contributed by atoms with Crippen LogP contribution in [0, 0.1) is 0 Å². The maximum absolute atomic E-state index is 12.8. The van der Waals surface area contributed by atoms with Crippen LogP contribution in [0.4, 0.5) is 5.69 Å². The largest absolute Gasteiger partial charge is 0.463 e. The second-order valence-corrected chi connectivity index (χ2v) is 6.54. The number of carbonyl (C=O) groups is 5. The number of benzene rings is 1. The minimum absolute atomic E-state index is 0.0208. The Morgan fingerprint density at radius 2 is 1.31 bits per heavy atom. The fourth-order valence-corrected chi connectivity index (χ4v) is 2.48. The molecule has 0 unspecified atom stereocenters. The number of nitrogen functional groups attached to an aromatic ring is 1. The van der Waals surface area contributed by atoms with Crippen LogP contribution < -0.4 is 10.5 Å². The van der Waals surface area contributed by atoms with Crippen LogP contribution >= 0.6 is 0 Å². The van der Waals surface area contributed by atoms with Crippen LogP contribution in [0.15, 0.2) is 24.3 Å². The second kappa shape index (κ2) is 12.2. The zero-order valence-corrected chi connectivity index (χ0v) is 17.9. The number of anilines is 1. The van der Waals surface area contributed by atoms with Crippen molar-refractivity contribution in [3.63, 3.8) is 0 Å². The Kier molecular flexibility index (Phi) is 10.1. The van der Waals surface area contributed by atoms with Gasteiger partial charge in [-0.15, -0.1) is 0 Å². The molecule has 0 heterocycles. The Morgan fingerprint density at radius 1 is 0.812 bits per heavy atom. The first-order chi connectivity index (χ1) is 14.9. The van der Waals surface area contributed by atoms with Crippen LogP contribution in [0.2, 0.25) is 0 Å². The molecule has 32 heavy (non-hydrogen) atoms. The molecule has 0 saturated carbocycles. The van der Waals surface area contributed by atoms with Gasteiger partial charge in [0.15, 0.2) is 12.2 Å². The van der Waals surface area contributed by atoms with E-state index in [2.05, 4.69) is 0 Å². The van der Waals surface area contributed by atoms with Crippen molar-refractivity contribution in [1.29, 1.82) is 0 Å². The van der Waals surface area contributed by atoms with Gasteiger partial charge in [0.05, 0.1) is 0 Å². The lowest BCUT2D eigenvalue weighted by Gasteiger charge is -2.32. The average molecular weight is 455 g/mol. The van der Waals surface area contributed by atoms with E-state index in [0.717, 1.165) is 27.7 Å². The van der Waals surface area contributed by atoms with Crippen molar-refractivity contribution < 1.29 is 52.8 Å². The maximum Gasteiger partial charge on any atom is 0.356 e. The van der Waals surface area contributed by atoms with E-state index in [1.807, 2.05) is 0 Å². The molecule has 1 rings (SSSR count). The van der Waals surface area contributed by atoms with Crippen molar-refractivity contribution >= 4 is 35.5 Å². The summed E-state index contributed by atoms with van der Waals surface area (Å²) in [5.74, 6) is -4.78. The first kappa shape index (κ1) is 26.4. The molecule has 176 valence electrons. The zero-order chi connectivity index (χ0) is 24.4. The first-order valence-electron chi connectivity index (χ1n) is 9.31. The maximum atomic E-state index is 12.8. The van der Waals surface area contributed by atoms with Crippen molar-refractivity contribution in [2.45, 2.75) is 52.1 Å². The fraction of sp³-hybridized carbons (Fsp3) is 0.450. The molecule has 3 N–H and O–H groups in total. The van der Waals surface area contributed by atoms with Gasteiger partial charge in [0.1, 0.15) is 18.5 Å². The van der Waals surface area contributed by atoms with Crippen molar-refractivity contribution in [3.8, 4) is 5.75 Å². The third kappa shape index (κ3) is 9.00. The van der Waals surface area contributed by atoms with Crippen LogP contribution in [-0.2, 0) is 42.9 Å². The quantitative estimate of drug-likeness (QED) is 0.207. The molecule has 1 aromatic carbocycles. The van der Waals surface area contributed by atoms with E-state index in [9.17, 15) is 29.1 Å². The monoisotopic (exact) mass is 455 g/mol. The van der Waals surface area contributed by atoms with Crippen LogP contribution in [0.3, 0.4) is 0 Å². The Labute approximate surface area is 183 Å². The molecule has 12 heteroatoms. The first-order valence-corrected chi connectivity index (χ1v) is 9.31. The molecule has 0 aliphatic rings. The molecule has 0 spiro atoms. The normalized spacial score (nSPS) is 14.2. The molecule has 0 amide bonds. The lowest BCUT2D eigenvalue weighted by molar-refractivity contribution is -0.201. The number of esters is 5. The van der Waals surface area contributed by atoms with E-state index in [0.29, 0.717) is 5.69 Å². The van der Waals surface area contributed by atoms with Crippen LogP contribution in [0.1, 0.15) is 27.7 Å². The summed E-state index contributed by atoms with van der Waals surface area (Å²) in [5.41, 5.74) is 5.97. The molecule has 12 nitrogen and oxygen atoms in total. The number of ether oxygens (including phenoxy) is 5. The Hall–Kier alpha value is -3.67. The summed E-state index contributed by atoms with van der Waals surface area (Å²) in [6, 6.07) is 5.60. The number of nitrogens with two attached hydrogens (primary N) is 1. The van der Waals surface area contributed by atoms with Crippen LogP contribution in [0.25, 0.3) is 0 Å². The fourth-order valence-electron chi connectivity index (χ4n) is 2.48. The number of carbonyl (C=O) groups excluding carboxylic acids is 5. The molecular formula is C20H25NO11. The SMILES string of the molecule is CC(=O)OC[C@@H](O)[C@@H](OC(C)=O)[C@H](OC(C)=O)[C@@H](OC(C)=O)C(=O)Oc1ccc(N)cc1. The molecule has 0 radical (unpaired) electrons. The number of hydrogen-bond acceptors (Lipinski definition) is 12. The highest BCUT2D eigenvalue weighted by Gasteiger charge is 2.46. The highest BCUT2D eigenvalue weighted by molar-refractivity contribution is 5.82. The van der Waals surface area contributed by atoms with Gasteiger partial charge in [-0.1, -0.05) is 0 Å². The van der Waals surface area contributed by atoms with Gasteiger partial charge in [0.2, 0.25) is 6.10 Å². The molecule has 0 aliphatic carbocycles. The Morgan fingerprint density at radius 3 is 1.78 bits per heavy atom. The van der Waals surface area contributed by atoms with Gasteiger partial charge < -0.3 is 34.5 Å². The van der Waals surface area contributed by atoms with Gasteiger partial charge in [0.25, 0.3) is 0 Å². The van der Waals surface area contributed by atoms with Crippen LogP contribution in [0.5, 0.6) is 5.75 Å². The van der Waals surface area contributed by atoms with Gasteiger partial charge in [-0.2, -0.15) is 0 Å². The summed E-state index contributed by atoms with van der Waals surface area (Å²) in [7, 11) is 0. The third-order valence-corrected chi connectivity index (χ3v) is 3.69. The minimum atomic E-state index is -1.95. The molecular weight excluding hydrogens is 430 g/mol.